The van der Waals surface area contributed by atoms with Crippen LogP contribution in [-0.4, -0.2) is 35.8 Å². The molecule has 1 N–H and O–H groups in total. The van der Waals surface area contributed by atoms with Crippen LogP contribution < -0.4 is 0 Å². The van der Waals surface area contributed by atoms with E-state index in [1.807, 2.05) is 0 Å². The summed E-state index contributed by atoms with van der Waals surface area (Å²) in [6.07, 6.45) is 5.39. The van der Waals surface area contributed by atoms with Crippen LogP contribution in [0.3, 0.4) is 0 Å². The van der Waals surface area contributed by atoms with Gasteiger partial charge >= 0.3 is 0 Å². The van der Waals surface area contributed by atoms with Gasteiger partial charge in [0.2, 0.25) is 0 Å². The molecule has 1 aromatic rings. The van der Waals surface area contributed by atoms with Crippen molar-refractivity contribution < 1.29 is 8.42 Å². The monoisotopic (exact) mass is 285 g/mol. The highest BCUT2D eigenvalue weighted by Crippen LogP contribution is 2.37. The van der Waals surface area contributed by atoms with Gasteiger partial charge in [0.05, 0.1) is 6.20 Å². The molecule has 0 unspecified atom stereocenters. The Kier molecular flexibility index (Phi) is 3.75. The van der Waals surface area contributed by atoms with E-state index in [9.17, 15) is 8.42 Å². The van der Waals surface area contributed by atoms with Crippen molar-refractivity contribution in [3.05, 3.63) is 12.0 Å². The van der Waals surface area contributed by atoms with E-state index in [4.69, 9.17) is 0 Å². The molecule has 1 aliphatic rings. The highest BCUT2D eigenvalue weighted by atomic mass is 32.2. The molecule has 1 aliphatic carbocycles. The number of aryl methyl sites for hydroxylation is 1. The molecule has 1 aromatic heterocycles. The van der Waals surface area contributed by atoms with Crippen molar-refractivity contribution in [2.45, 2.75) is 57.5 Å². The average molecular weight is 285 g/mol. The summed E-state index contributed by atoms with van der Waals surface area (Å²) in [4.78, 5) is 6.78. The van der Waals surface area contributed by atoms with Crippen molar-refractivity contribution >= 4 is 10.0 Å². The topological polar surface area (TPSA) is 66.1 Å². The molecule has 0 aromatic carbocycles. The summed E-state index contributed by atoms with van der Waals surface area (Å²) < 4.78 is 26.4. The summed E-state index contributed by atoms with van der Waals surface area (Å²) in [6, 6.07) is 0.0987. The SMILES string of the molecule is Cc1ncc(S(=O)(=O)N(C)C2CCC(C)(C)CC2)[nH]1. The first-order valence-corrected chi connectivity index (χ1v) is 8.16. The van der Waals surface area contributed by atoms with Gasteiger partial charge in [-0.15, -0.1) is 0 Å². The number of nitrogens with zero attached hydrogens (tertiary/aromatic N) is 2. The summed E-state index contributed by atoms with van der Waals surface area (Å²) in [5, 5.41) is 0.192. The van der Waals surface area contributed by atoms with Gasteiger partial charge in [-0.25, -0.2) is 13.4 Å². The molecule has 6 heteroatoms. The van der Waals surface area contributed by atoms with E-state index in [1.165, 1.54) is 10.5 Å². The van der Waals surface area contributed by atoms with E-state index < -0.39 is 10.0 Å². The fraction of sp³-hybridized carbons (Fsp3) is 0.769. The molecule has 0 saturated heterocycles. The van der Waals surface area contributed by atoms with E-state index in [1.54, 1.807) is 14.0 Å². The zero-order chi connectivity index (χ0) is 14.3. The molecule has 1 heterocycles. The van der Waals surface area contributed by atoms with Crippen molar-refractivity contribution in [3.8, 4) is 0 Å². The second-order valence-electron chi connectivity index (χ2n) is 6.25. The molecule has 0 amide bonds. The molecule has 0 bridgehead atoms. The van der Waals surface area contributed by atoms with Crippen molar-refractivity contribution in [1.29, 1.82) is 0 Å². The normalized spacial score (nSPS) is 20.9. The Morgan fingerprint density at radius 3 is 2.42 bits per heavy atom. The molecule has 0 aliphatic heterocycles. The number of nitrogens with one attached hydrogen (secondary N) is 1. The van der Waals surface area contributed by atoms with Crippen LogP contribution in [0.1, 0.15) is 45.4 Å². The number of imidazole rings is 1. The molecular formula is C13H23N3O2S. The molecule has 19 heavy (non-hydrogen) atoms. The minimum absolute atomic E-state index is 0.0987. The third-order valence-electron chi connectivity index (χ3n) is 4.16. The summed E-state index contributed by atoms with van der Waals surface area (Å²) in [5.41, 5.74) is 0.339. The standard InChI is InChI=1S/C13H23N3O2S/c1-10-14-9-12(15-10)19(17,18)16(4)11-5-7-13(2,3)8-6-11/h9,11H,5-8H2,1-4H3,(H,14,15). The van der Waals surface area contributed by atoms with E-state index in [0.29, 0.717) is 11.2 Å². The van der Waals surface area contributed by atoms with E-state index in [0.717, 1.165) is 25.7 Å². The summed E-state index contributed by atoms with van der Waals surface area (Å²) >= 11 is 0. The van der Waals surface area contributed by atoms with Gasteiger partial charge in [0.15, 0.2) is 5.03 Å². The Morgan fingerprint density at radius 1 is 1.37 bits per heavy atom. The maximum Gasteiger partial charge on any atom is 0.260 e. The van der Waals surface area contributed by atoms with Crippen molar-refractivity contribution in [2.75, 3.05) is 7.05 Å². The third-order valence-corrected chi connectivity index (χ3v) is 5.98. The maximum absolute atomic E-state index is 12.5. The summed E-state index contributed by atoms with van der Waals surface area (Å²) in [7, 11) is -1.76. The molecule has 5 nitrogen and oxygen atoms in total. The van der Waals surface area contributed by atoms with Gasteiger partial charge in [0.1, 0.15) is 5.82 Å². The van der Waals surface area contributed by atoms with Gasteiger partial charge in [-0.1, -0.05) is 13.8 Å². The molecule has 2 rings (SSSR count). The number of aromatic amines is 1. The molecule has 0 radical (unpaired) electrons. The Morgan fingerprint density at radius 2 is 1.95 bits per heavy atom. The number of rotatable bonds is 3. The Balaban J connectivity index is 2.14. The van der Waals surface area contributed by atoms with Crippen LogP contribution in [0.4, 0.5) is 0 Å². The number of sulfonamides is 1. The van der Waals surface area contributed by atoms with Crippen LogP contribution in [-0.2, 0) is 10.0 Å². The first-order valence-electron chi connectivity index (χ1n) is 6.72. The predicted octanol–water partition coefficient (Wildman–Crippen LogP) is 2.31. The maximum atomic E-state index is 12.5. The number of aromatic nitrogens is 2. The lowest BCUT2D eigenvalue weighted by atomic mass is 9.76. The van der Waals surface area contributed by atoms with Crippen LogP contribution in [0, 0.1) is 12.3 Å². The van der Waals surface area contributed by atoms with Gasteiger partial charge < -0.3 is 4.98 Å². The van der Waals surface area contributed by atoms with Crippen LogP contribution in [0.25, 0.3) is 0 Å². The first-order chi connectivity index (χ1) is 8.72. The lowest BCUT2D eigenvalue weighted by molar-refractivity contribution is 0.174. The quantitative estimate of drug-likeness (QED) is 0.926. The minimum Gasteiger partial charge on any atom is -0.332 e. The molecule has 1 saturated carbocycles. The average Bonchev–Trinajstić information content (AvgIpc) is 2.76. The summed E-state index contributed by atoms with van der Waals surface area (Å²) in [6.45, 7) is 6.24. The second kappa shape index (κ2) is 4.90. The molecular weight excluding hydrogens is 262 g/mol. The molecule has 108 valence electrons. The fourth-order valence-electron chi connectivity index (χ4n) is 2.63. The second-order valence-corrected chi connectivity index (χ2v) is 8.22. The lowest BCUT2D eigenvalue weighted by Gasteiger charge is -2.37. The zero-order valence-electron chi connectivity index (χ0n) is 12.1. The van der Waals surface area contributed by atoms with Gasteiger partial charge in [0, 0.05) is 13.1 Å². The van der Waals surface area contributed by atoms with Gasteiger partial charge in [0.25, 0.3) is 10.0 Å². The van der Waals surface area contributed by atoms with Crippen LogP contribution in [0.15, 0.2) is 11.2 Å². The van der Waals surface area contributed by atoms with Gasteiger partial charge in [-0.05, 0) is 38.0 Å². The Bertz CT molecular complexity index is 538. The molecule has 0 spiro atoms. The van der Waals surface area contributed by atoms with Gasteiger partial charge in [-0.2, -0.15) is 4.31 Å². The van der Waals surface area contributed by atoms with Crippen LogP contribution in [0.2, 0.25) is 0 Å². The number of hydrogen-bond acceptors (Lipinski definition) is 3. The smallest absolute Gasteiger partial charge is 0.260 e. The van der Waals surface area contributed by atoms with Crippen molar-refractivity contribution in [1.82, 2.24) is 14.3 Å². The van der Waals surface area contributed by atoms with E-state index in [2.05, 4.69) is 23.8 Å². The number of hydrogen-bond donors (Lipinski definition) is 1. The number of H-pyrrole nitrogens is 1. The Labute approximate surface area is 115 Å². The zero-order valence-corrected chi connectivity index (χ0v) is 12.9. The fourth-order valence-corrected chi connectivity index (χ4v) is 4.00. The molecule has 1 fully saturated rings. The lowest BCUT2D eigenvalue weighted by Crippen LogP contribution is -2.40. The first kappa shape index (κ1) is 14.5. The van der Waals surface area contributed by atoms with E-state index >= 15 is 0 Å². The summed E-state index contributed by atoms with van der Waals surface area (Å²) in [5.74, 6) is 0.622. The molecule has 0 atom stereocenters. The van der Waals surface area contributed by atoms with Crippen molar-refractivity contribution in [2.24, 2.45) is 5.41 Å². The Hall–Kier alpha value is -0.880. The third kappa shape index (κ3) is 3.00. The van der Waals surface area contributed by atoms with E-state index in [-0.39, 0.29) is 11.1 Å². The minimum atomic E-state index is -3.44. The largest absolute Gasteiger partial charge is 0.332 e. The predicted molar refractivity (Wildman–Crippen MR) is 74.3 cm³/mol. The highest BCUT2D eigenvalue weighted by Gasteiger charge is 2.34. The van der Waals surface area contributed by atoms with Crippen LogP contribution in [0.5, 0.6) is 0 Å². The van der Waals surface area contributed by atoms with Crippen LogP contribution >= 0.6 is 0 Å². The van der Waals surface area contributed by atoms with Gasteiger partial charge in [-0.3, -0.25) is 0 Å². The van der Waals surface area contributed by atoms with Crippen molar-refractivity contribution in [3.63, 3.8) is 0 Å². The highest BCUT2D eigenvalue weighted by molar-refractivity contribution is 7.89.